The molecule has 1 aliphatic carbocycles. The lowest BCUT2D eigenvalue weighted by atomic mass is 9.94. The summed E-state index contributed by atoms with van der Waals surface area (Å²) in [4.78, 5) is 23.5. The first-order valence-corrected chi connectivity index (χ1v) is 6.03. The lowest BCUT2D eigenvalue weighted by Crippen LogP contribution is -2.52. The number of hydrogen-bond donors (Lipinski definition) is 2. The Morgan fingerprint density at radius 2 is 2.06 bits per heavy atom. The monoisotopic (exact) mass is 242 g/mol. The van der Waals surface area contributed by atoms with Gasteiger partial charge < -0.3 is 15.8 Å². The molecule has 0 unspecified atom stereocenters. The molecule has 0 aliphatic heterocycles. The first-order chi connectivity index (χ1) is 7.92. The van der Waals surface area contributed by atoms with Crippen LogP contribution in [0.15, 0.2) is 0 Å². The SMILES string of the molecule is COC(=O)C(C)(C)NC(=O)[C@@H]1CCC[C@@H]1CN. The number of carbonyl (C=O) groups excluding carboxylic acids is 2. The molecule has 1 aliphatic rings. The molecule has 1 saturated carbocycles. The standard InChI is InChI=1S/C12H22N2O3/c1-12(2,11(16)17-3)14-10(15)9-6-4-5-8(9)7-13/h8-9H,4-7,13H2,1-3H3,(H,14,15)/t8-,9-/m1/s1. The fourth-order valence-electron chi connectivity index (χ4n) is 2.37. The van der Waals surface area contributed by atoms with Crippen LogP contribution in [-0.4, -0.2) is 31.1 Å². The molecule has 0 spiro atoms. The van der Waals surface area contributed by atoms with E-state index in [0.29, 0.717) is 6.54 Å². The summed E-state index contributed by atoms with van der Waals surface area (Å²) in [5.41, 5.74) is 4.66. The minimum atomic E-state index is -0.979. The largest absolute Gasteiger partial charge is 0.467 e. The van der Waals surface area contributed by atoms with Crippen LogP contribution in [0.4, 0.5) is 0 Å². The van der Waals surface area contributed by atoms with Gasteiger partial charge in [0.15, 0.2) is 0 Å². The van der Waals surface area contributed by atoms with Gasteiger partial charge in [-0.2, -0.15) is 0 Å². The van der Waals surface area contributed by atoms with Gasteiger partial charge in [-0.05, 0) is 39.2 Å². The van der Waals surface area contributed by atoms with Crippen molar-refractivity contribution < 1.29 is 14.3 Å². The smallest absolute Gasteiger partial charge is 0.330 e. The number of esters is 1. The highest BCUT2D eigenvalue weighted by Crippen LogP contribution is 2.31. The van der Waals surface area contributed by atoms with Crippen LogP contribution >= 0.6 is 0 Å². The third-order valence-electron chi connectivity index (χ3n) is 3.43. The second-order valence-electron chi connectivity index (χ2n) is 5.14. The molecule has 0 heterocycles. The third kappa shape index (κ3) is 3.19. The molecule has 1 fully saturated rings. The van der Waals surface area contributed by atoms with E-state index in [9.17, 15) is 9.59 Å². The Morgan fingerprint density at radius 1 is 1.41 bits per heavy atom. The number of amides is 1. The van der Waals surface area contributed by atoms with Crippen molar-refractivity contribution in [3.8, 4) is 0 Å². The lowest BCUT2D eigenvalue weighted by Gasteiger charge is -2.26. The van der Waals surface area contributed by atoms with E-state index < -0.39 is 11.5 Å². The van der Waals surface area contributed by atoms with Crippen LogP contribution in [0.5, 0.6) is 0 Å². The third-order valence-corrected chi connectivity index (χ3v) is 3.43. The number of methoxy groups -OCH3 is 1. The zero-order valence-corrected chi connectivity index (χ0v) is 10.8. The van der Waals surface area contributed by atoms with Gasteiger partial charge in [0, 0.05) is 5.92 Å². The van der Waals surface area contributed by atoms with Crippen molar-refractivity contribution in [1.29, 1.82) is 0 Å². The van der Waals surface area contributed by atoms with Crippen LogP contribution in [0, 0.1) is 11.8 Å². The predicted molar refractivity (Wildman–Crippen MR) is 64.1 cm³/mol. The normalized spacial score (nSPS) is 24.5. The van der Waals surface area contributed by atoms with Gasteiger partial charge in [-0.15, -0.1) is 0 Å². The van der Waals surface area contributed by atoms with Gasteiger partial charge in [0.25, 0.3) is 0 Å². The average Bonchev–Trinajstić information content (AvgIpc) is 2.75. The first-order valence-electron chi connectivity index (χ1n) is 6.03. The minimum absolute atomic E-state index is 0.0658. The number of carbonyl (C=O) groups is 2. The average molecular weight is 242 g/mol. The Labute approximate surface area is 102 Å². The molecule has 0 radical (unpaired) electrons. The minimum Gasteiger partial charge on any atom is -0.467 e. The maximum absolute atomic E-state index is 12.1. The van der Waals surface area contributed by atoms with E-state index in [-0.39, 0.29) is 17.7 Å². The molecule has 0 saturated heterocycles. The van der Waals surface area contributed by atoms with Crippen LogP contribution in [-0.2, 0) is 14.3 Å². The zero-order valence-electron chi connectivity index (χ0n) is 10.8. The number of hydrogen-bond acceptors (Lipinski definition) is 4. The van der Waals surface area contributed by atoms with Crippen molar-refractivity contribution in [1.82, 2.24) is 5.32 Å². The summed E-state index contributed by atoms with van der Waals surface area (Å²) in [6, 6.07) is 0. The molecular formula is C12H22N2O3. The van der Waals surface area contributed by atoms with E-state index >= 15 is 0 Å². The van der Waals surface area contributed by atoms with E-state index in [2.05, 4.69) is 10.1 Å². The summed E-state index contributed by atoms with van der Waals surface area (Å²) >= 11 is 0. The maximum Gasteiger partial charge on any atom is 0.330 e. The molecule has 0 aromatic heterocycles. The van der Waals surface area contributed by atoms with Crippen molar-refractivity contribution in [2.24, 2.45) is 17.6 Å². The number of nitrogens with two attached hydrogens (primary N) is 1. The molecule has 0 aromatic rings. The van der Waals surface area contributed by atoms with E-state index in [4.69, 9.17) is 5.73 Å². The van der Waals surface area contributed by atoms with E-state index in [1.165, 1.54) is 7.11 Å². The van der Waals surface area contributed by atoms with Crippen LogP contribution < -0.4 is 11.1 Å². The molecule has 98 valence electrons. The molecule has 1 rings (SSSR count). The Morgan fingerprint density at radius 3 is 2.59 bits per heavy atom. The fourth-order valence-corrected chi connectivity index (χ4v) is 2.37. The molecule has 0 bridgehead atoms. The highest BCUT2D eigenvalue weighted by atomic mass is 16.5. The van der Waals surface area contributed by atoms with Gasteiger partial charge in [0.1, 0.15) is 5.54 Å². The molecule has 3 N–H and O–H groups in total. The summed E-state index contributed by atoms with van der Waals surface area (Å²) in [6.07, 6.45) is 2.87. The summed E-state index contributed by atoms with van der Waals surface area (Å²) < 4.78 is 4.65. The maximum atomic E-state index is 12.1. The molecular weight excluding hydrogens is 220 g/mol. The quantitative estimate of drug-likeness (QED) is 0.700. The molecule has 2 atom stereocenters. The molecule has 1 amide bonds. The van der Waals surface area contributed by atoms with Gasteiger partial charge in [0.2, 0.25) is 5.91 Å². The number of ether oxygens (including phenoxy) is 1. The first kappa shape index (κ1) is 14.0. The van der Waals surface area contributed by atoms with Gasteiger partial charge in [0.05, 0.1) is 7.11 Å². The van der Waals surface area contributed by atoms with Crippen molar-refractivity contribution >= 4 is 11.9 Å². The number of rotatable bonds is 4. The van der Waals surface area contributed by atoms with Crippen LogP contribution in [0.1, 0.15) is 33.1 Å². The molecule has 5 nitrogen and oxygen atoms in total. The Hall–Kier alpha value is -1.10. The van der Waals surface area contributed by atoms with Crippen molar-refractivity contribution in [3.05, 3.63) is 0 Å². The van der Waals surface area contributed by atoms with Crippen LogP contribution in [0.25, 0.3) is 0 Å². The zero-order chi connectivity index (χ0) is 13.1. The van der Waals surface area contributed by atoms with Crippen LogP contribution in [0.2, 0.25) is 0 Å². The highest BCUT2D eigenvalue weighted by molar-refractivity contribution is 5.88. The van der Waals surface area contributed by atoms with E-state index in [1.807, 2.05) is 0 Å². The van der Waals surface area contributed by atoms with E-state index in [0.717, 1.165) is 19.3 Å². The van der Waals surface area contributed by atoms with Gasteiger partial charge in [-0.3, -0.25) is 4.79 Å². The van der Waals surface area contributed by atoms with Crippen molar-refractivity contribution in [2.75, 3.05) is 13.7 Å². The Balaban J connectivity index is 2.62. The van der Waals surface area contributed by atoms with Crippen LogP contribution in [0.3, 0.4) is 0 Å². The molecule has 5 heteroatoms. The lowest BCUT2D eigenvalue weighted by molar-refractivity contribution is -0.150. The van der Waals surface area contributed by atoms with E-state index in [1.54, 1.807) is 13.8 Å². The van der Waals surface area contributed by atoms with Gasteiger partial charge >= 0.3 is 5.97 Å². The Bertz CT molecular complexity index is 302. The summed E-state index contributed by atoms with van der Waals surface area (Å²) in [5, 5.41) is 2.74. The molecule has 17 heavy (non-hydrogen) atoms. The van der Waals surface area contributed by atoms with Gasteiger partial charge in [-0.1, -0.05) is 6.42 Å². The van der Waals surface area contributed by atoms with Gasteiger partial charge in [-0.25, -0.2) is 4.79 Å². The topological polar surface area (TPSA) is 81.4 Å². The Kier molecular flexibility index (Phi) is 4.51. The highest BCUT2D eigenvalue weighted by Gasteiger charge is 2.37. The summed E-state index contributed by atoms with van der Waals surface area (Å²) in [6.45, 7) is 3.81. The second kappa shape index (κ2) is 5.49. The molecule has 0 aromatic carbocycles. The summed E-state index contributed by atoms with van der Waals surface area (Å²) in [5.74, 6) is -0.353. The fraction of sp³-hybridized carbons (Fsp3) is 0.833. The number of nitrogens with one attached hydrogen (secondary N) is 1. The van der Waals surface area contributed by atoms with Crippen molar-refractivity contribution in [3.63, 3.8) is 0 Å². The van der Waals surface area contributed by atoms with Crippen molar-refractivity contribution in [2.45, 2.75) is 38.6 Å². The predicted octanol–water partition coefficient (Wildman–Crippen LogP) is 0.429. The second-order valence-corrected chi connectivity index (χ2v) is 5.14. The summed E-state index contributed by atoms with van der Waals surface area (Å²) in [7, 11) is 1.31.